The third kappa shape index (κ3) is 4.72. The smallest absolute Gasteiger partial charge is 0.118 e. The van der Waals surface area contributed by atoms with Gasteiger partial charge in [0.1, 0.15) is 5.75 Å². The van der Waals surface area contributed by atoms with Gasteiger partial charge >= 0.3 is 0 Å². The van der Waals surface area contributed by atoms with Gasteiger partial charge in [0.15, 0.2) is 0 Å². The maximum absolute atomic E-state index is 5.25. The van der Waals surface area contributed by atoms with Crippen LogP contribution in [0.5, 0.6) is 5.75 Å². The zero-order valence-corrected chi connectivity index (χ0v) is 14.5. The lowest BCUT2D eigenvalue weighted by molar-refractivity contribution is 0.415. The molecule has 1 atom stereocenters. The summed E-state index contributed by atoms with van der Waals surface area (Å²) in [4.78, 5) is 0. The van der Waals surface area contributed by atoms with Crippen LogP contribution in [0, 0.1) is 0 Å². The summed E-state index contributed by atoms with van der Waals surface area (Å²) in [6, 6.07) is 19.7. The number of ether oxygens (including phenoxy) is 1. The second-order valence-electron chi connectivity index (χ2n) is 6.46. The van der Waals surface area contributed by atoms with Gasteiger partial charge in [0.25, 0.3) is 0 Å². The van der Waals surface area contributed by atoms with Gasteiger partial charge in [-0.15, -0.1) is 0 Å². The Kier molecular flexibility index (Phi) is 6.08. The lowest BCUT2D eigenvalue weighted by Gasteiger charge is -2.22. The monoisotopic (exact) mass is 321 g/mol. The van der Waals surface area contributed by atoms with E-state index in [1.54, 1.807) is 7.11 Å². The summed E-state index contributed by atoms with van der Waals surface area (Å²) in [5, 5.41) is 3.71. The molecule has 0 unspecified atom stereocenters. The van der Waals surface area contributed by atoms with E-state index in [4.69, 9.17) is 4.74 Å². The fourth-order valence-corrected chi connectivity index (χ4v) is 3.35. The predicted molar refractivity (Wildman–Crippen MR) is 101 cm³/mol. The molecule has 0 radical (unpaired) electrons. The van der Waals surface area contributed by atoms with Crippen LogP contribution in [0.25, 0.3) is 5.57 Å². The van der Waals surface area contributed by atoms with Gasteiger partial charge in [-0.25, -0.2) is 0 Å². The Morgan fingerprint density at radius 1 is 1.04 bits per heavy atom. The van der Waals surface area contributed by atoms with E-state index in [0.29, 0.717) is 6.04 Å². The van der Waals surface area contributed by atoms with Gasteiger partial charge in [0, 0.05) is 6.04 Å². The minimum Gasteiger partial charge on any atom is -0.497 e. The van der Waals surface area contributed by atoms with Crippen molar-refractivity contribution in [3.63, 3.8) is 0 Å². The Hall–Kier alpha value is -2.06. The predicted octanol–water partition coefficient (Wildman–Crippen LogP) is 4.85. The largest absolute Gasteiger partial charge is 0.497 e. The third-order valence-corrected chi connectivity index (χ3v) is 4.72. The zero-order valence-electron chi connectivity index (χ0n) is 14.5. The fraction of sp³-hybridized carbons (Fsp3) is 0.364. The molecular formula is C22H27NO. The van der Waals surface area contributed by atoms with Crippen molar-refractivity contribution in [1.82, 2.24) is 5.32 Å². The minimum atomic E-state index is 0.506. The van der Waals surface area contributed by atoms with Gasteiger partial charge in [-0.3, -0.25) is 0 Å². The number of allylic oxidation sites excluding steroid dienone is 1. The number of nitrogens with one attached hydrogen (secondary N) is 1. The quantitative estimate of drug-likeness (QED) is 0.736. The number of aryl methyl sites for hydroxylation is 1. The highest BCUT2D eigenvalue weighted by Gasteiger charge is 2.14. The van der Waals surface area contributed by atoms with Crippen molar-refractivity contribution in [3.05, 3.63) is 71.8 Å². The molecule has 0 saturated heterocycles. The second kappa shape index (κ2) is 8.70. The van der Waals surface area contributed by atoms with Crippen LogP contribution in [-0.4, -0.2) is 19.7 Å². The van der Waals surface area contributed by atoms with Crippen molar-refractivity contribution in [1.29, 1.82) is 0 Å². The van der Waals surface area contributed by atoms with Crippen LogP contribution in [-0.2, 0) is 6.42 Å². The zero-order chi connectivity index (χ0) is 16.6. The molecule has 1 aliphatic carbocycles. The molecule has 0 spiro atoms. The maximum atomic E-state index is 5.25. The molecule has 2 heteroatoms. The molecule has 0 saturated carbocycles. The molecular weight excluding hydrogens is 294 g/mol. The van der Waals surface area contributed by atoms with Gasteiger partial charge in [-0.05, 0) is 67.5 Å². The van der Waals surface area contributed by atoms with Crippen molar-refractivity contribution in [2.75, 3.05) is 13.7 Å². The Labute approximate surface area is 145 Å². The highest BCUT2D eigenvalue weighted by molar-refractivity contribution is 5.67. The van der Waals surface area contributed by atoms with Crippen molar-refractivity contribution in [3.8, 4) is 5.75 Å². The molecule has 126 valence electrons. The summed E-state index contributed by atoms with van der Waals surface area (Å²) < 4.78 is 5.25. The summed E-state index contributed by atoms with van der Waals surface area (Å²) in [6.07, 6.45) is 8.43. The van der Waals surface area contributed by atoms with Gasteiger partial charge in [-0.1, -0.05) is 48.5 Å². The van der Waals surface area contributed by atoms with Crippen molar-refractivity contribution >= 4 is 5.57 Å². The highest BCUT2D eigenvalue weighted by Crippen LogP contribution is 2.28. The molecule has 2 aromatic carbocycles. The van der Waals surface area contributed by atoms with Crippen LogP contribution in [0.4, 0.5) is 0 Å². The standard InChI is InChI=1S/C22H27NO/c1-24-22-14-12-19(13-15-22)20-10-5-11-21(17-20)23-16-6-9-18-7-3-2-4-8-18/h2-4,7-8,12-15,17,21,23H,5-6,9-11,16H2,1H3/t21-/m1/s1. The first-order valence-corrected chi connectivity index (χ1v) is 8.97. The Morgan fingerprint density at radius 2 is 1.83 bits per heavy atom. The average Bonchev–Trinajstić information content (AvgIpc) is 2.66. The molecule has 0 aromatic heterocycles. The van der Waals surface area contributed by atoms with E-state index in [0.717, 1.165) is 18.7 Å². The number of rotatable bonds is 7. The van der Waals surface area contributed by atoms with Crippen LogP contribution in [0.3, 0.4) is 0 Å². The summed E-state index contributed by atoms with van der Waals surface area (Å²) in [7, 11) is 1.71. The van der Waals surface area contributed by atoms with Crippen molar-refractivity contribution in [2.45, 2.75) is 38.1 Å². The molecule has 3 rings (SSSR count). The minimum absolute atomic E-state index is 0.506. The van der Waals surface area contributed by atoms with E-state index in [1.165, 1.54) is 42.4 Å². The molecule has 0 bridgehead atoms. The van der Waals surface area contributed by atoms with E-state index in [9.17, 15) is 0 Å². The number of methoxy groups -OCH3 is 1. The first-order valence-electron chi connectivity index (χ1n) is 8.97. The third-order valence-electron chi connectivity index (χ3n) is 4.72. The maximum Gasteiger partial charge on any atom is 0.118 e. The molecule has 0 heterocycles. The van der Waals surface area contributed by atoms with Gasteiger partial charge in [0.05, 0.1) is 7.11 Å². The number of hydrogen-bond donors (Lipinski definition) is 1. The molecule has 1 N–H and O–H groups in total. The van der Waals surface area contributed by atoms with E-state index in [2.05, 4.69) is 53.9 Å². The van der Waals surface area contributed by atoms with Gasteiger partial charge < -0.3 is 10.1 Å². The van der Waals surface area contributed by atoms with Crippen molar-refractivity contribution in [2.24, 2.45) is 0 Å². The van der Waals surface area contributed by atoms with Crippen LogP contribution >= 0.6 is 0 Å². The van der Waals surface area contributed by atoms with E-state index < -0.39 is 0 Å². The lowest BCUT2D eigenvalue weighted by Crippen LogP contribution is -2.30. The van der Waals surface area contributed by atoms with Crippen molar-refractivity contribution < 1.29 is 4.74 Å². The topological polar surface area (TPSA) is 21.3 Å². The summed E-state index contributed by atoms with van der Waals surface area (Å²) >= 11 is 0. The molecule has 0 aliphatic heterocycles. The lowest BCUT2D eigenvalue weighted by atomic mass is 9.91. The first-order chi connectivity index (χ1) is 11.8. The first kappa shape index (κ1) is 16.8. The Bertz CT molecular complexity index is 645. The summed E-state index contributed by atoms with van der Waals surface area (Å²) in [6.45, 7) is 1.08. The van der Waals surface area contributed by atoms with Crippen LogP contribution in [0.1, 0.15) is 36.8 Å². The molecule has 24 heavy (non-hydrogen) atoms. The van der Waals surface area contributed by atoms with E-state index >= 15 is 0 Å². The molecule has 1 aliphatic rings. The summed E-state index contributed by atoms with van der Waals surface area (Å²) in [5.74, 6) is 0.922. The van der Waals surface area contributed by atoms with Gasteiger partial charge in [0.2, 0.25) is 0 Å². The van der Waals surface area contributed by atoms with E-state index in [-0.39, 0.29) is 0 Å². The number of hydrogen-bond acceptors (Lipinski definition) is 2. The van der Waals surface area contributed by atoms with Crippen LogP contribution in [0.2, 0.25) is 0 Å². The Morgan fingerprint density at radius 3 is 2.58 bits per heavy atom. The van der Waals surface area contributed by atoms with Crippen LogP contribution in [0.15, 0.2) is 60.7 Å². The molecule has 2 aromatic rings. The SMILES string of the molecule is COc1ccc(C2=C[C@H](NCCCc3ccccc3)CCC2)cc1. The second-order valence-corrected chi connectivity index (χ2v) is 6.46. The fourth-order valence-electron chi connectivity index (χ4n) is 3.35. The average molecular weight is 321 g/mol. The normalized spacial score (nSPS) is 17.4. The molecule has 0 amide bonds. The Balaban J connectivity index is 1.50. The molecule has 0 fully saturated rings. The molecule has 2 nitrogen and oxygen atoms in total. The highest BCUT2D eigenvalue weighted by atomic mass is 16.5. The van der Waals surface area contributed by atoms with E-state index in [1.807, 2.05) is 12.1 Å². The van der Waals surface area contributed by atoms with Gasteiger partial charge in [-0.2, -0.15) is 0 Å². The number of benzene rings is 2. The summed E-state index contributed by atoms with van der Waals surface area (Å²) in [5.41, 5.74) is 4.22. The van der Waals surface area contributed by atoms with Crippen LogP contribution < -0.4 is 10.1 Å².